The van der Waals surface area contributed by atoms with Gasteiger partial charge in [-0.05, 0) is 41.8 Å². The molecule has 3 rings (SSSR count). The maximum atomic E-state index is 12.5. The quantitative estimate of drug-likeness (QED) is 0.878. The molecule has 2 aromatic rings. The zero-order valence-electron chi connectivity index (χ0n) is 14.5. The number of hydrogen-bond acceptors (Lipinski definition) is 4. The normalized spacial score (nSPS) is 15.1. The number of phenolic OH excluding ortho intramolecular Hbond substituents is 1. The van der Waals surface area contributed by atoms with Gasteiger partial charge in [-0.25, -0.2) is 0 Å². The molecular weight excluding hydrogens is 316 g/mol. The van der Waals surface area contributed by atoms with Crippen molar-refractivity contribution in [1.82, 2.24) is 4.90 Å². The fourth-order valence-electron chi connectivity index (χ4n) is 2.95. The monoisotopic (exact) mass is 340 g/mol. The van der Waals surface area contributed by atoms with Gasteiger partial charge >= 0.3 is 0 Å². The molecule has 1 heterocycles. The molecule has 132 valence electrons. The van der Waals surface area contributed by atoms with Gasteiger partial charge in [0.05, 0.1) is 18.8 Å². The number of phenols is 1. The summed E-state index contributed by atoms with van der Waals surface area (Å²) in [7, 11) is 0. The Hall–Kier alpha value is -2.37. The highest BCUT2D eigenvalue weighted by atomic mass is 16.5. The van der Waals surface area contributed by atoms with Crippen LogP contribution in [0.5, 0.6) is 5.75 Å². The van der Waals surface area contributed by atoms with Crippen molar-refractivity contribution in [3.8, 4) is 5.75 Å². The van der Waals surface area contributed by atoms with Gasteiger partial charge in [-0.2, -0.15) is 0 Å². The zero-order chi connectivity index (χ0) is 17.6. The fraction of sp³-hybridized carbons (Fsp3) is 0.350. The minimum Gasteiger partial charge on any atom is -0.507 e. The van der Waals surface area contributed by atoms with E-state index < -0.39 is 0 Å². The van der Waals surface area contributed by atoms with Gasteiger partial charge in [0.15, 0.2) is 0 Å². The Balaban J connectivity index is 1.70. The molecule has 1 aliphatic heterocycles. The number of nitrogens with one attached hydrogen (secondary N) is 1. The molecule has 0 bridgehead atoms. The summed E-state index contributed by atoms with van der Waals surface area (Å²) >= 11 is 0. The fourth-order valence-corrected chi connectivity index (χ4v) is 2.95. The molecule has 0 radical (unpaired) electrons. The lowest BCUT2D eigenvalue weighted by Gasteiger charge is -2.26. The molecule has 0 unspecified atom stereocenters. The first kappa shape index (κ1) is 17.5. The second-order valence-corrected chi connectivity index (χ2v) is 6.25. The molecule has 2 aromatic carbocycles. The van der Waals surface area contributed by atoms with Crippen molar-refractivity contribution in [2.24, 2.45) is 0 Å². The third-order valence-electron chi connectivity index (χ3n) is 4.41. The number of amides is 1. The van der Waals surface area contributed by atoms with Crippen LogP contribution in [-0.2, 0) is 17.7 Å². The van der Waals surface area contributed by atoms with Crippen molar-refractivity contribution in [1.29, 1.82) is 0 Å². The number of aryl methyl sites for hydroxylation is 1. The van der Waals surface area contributed by atoms with Crippen molar-refractivity contribution >= 4 is 11.6 Å². The molecule has 1 amide bonds. The molecule has 0 atom stereocenters. The van der Waals surface area contributed by atoms with E-state index in [0.717, 1.165) is 56.1 Å². The molecule has 0 aliphatic carbocycles. The van der Waals surface area contributed by atoms with E-state index in [1.807, 2.05) is 31.2 Å². The Bertz CT molecular complexity index is 739. The summed E-state index contributed by atoms with van der Waals surface area (Å²) in [6, 6.07) is 13.0. The number of rotatable bonds is 5. The van der Waals surface area contributed by atoms with Gasteiger partial charge in [-0.15, -0.1) is 0 Å². The molecule has 5 heteroatoms. The number of hydrogen-bond donors (Lipinski definition) is 2. The first-order valence-corrected chi connectivity index (χ1v) is 8.68. The SMILES string of the molecule is CCc1ccc(O)c(C(=O)Nc2cccc(CN3CCOCC3)c2)c1. The van der Waals surface area contributed by atoms with E-state index in [-0.39, 0.29) is 11.7 Å². The van der Waals surface area contributed by atoms with Crippen LogP contribution >= 0.6 is 0 Å². The summed E-state index contributed by atoms with van der Waals surface area (Å²) in [6.07, 6.45) is 0.815. The standard InChI is InChI=1S/C20H24N2O3/c1-2-15-6-7-19(23)18(13-15)20(24)21-17-5-3-4-16(12-17)14-22-8-10-25-11-9-22/h3-7,12-13,23H,2,8-11,14H2,1H3,(H,21,24). The summed E-state index contributed by atoms with van der Waals surface area (Å²) < 4.78 is 5.37. The first-order chi connectivity index (χ1) is 12.2. The highest BCUT2D eigenvalue weighted by Gasteiger charge is 2.14. The predicted octanol–water partition coefficient (Wildman–Crippen LogP) is 3.04. The number of nitrogens with zero attached hydrogens (tertiary/aromatic N) is 1. The Morgan fingerprint density at radius 1 is 1.16 bits per heavy atom. The number of carbonyl (C=O) groups is 1. The van der Waals surface area contributed by atoms with Gasteiger partial charge in [-0.3, -0.25) is 9.69 Å². The largest absolute Gasteiger partial charge is 0.507 e. The summed E-state index contributed by atoms with van der Waals surface area (Å²) in [5.41, 5.74) is 3.20. The molecule has 1 saturated heterocycles. The van der Waals surface area contributed by atoms with E-state index in [9.17, 15) is 9.90 Å². The topological polar surface area (TPSA) is 61.8 Å². The lowest BCUT2D eigenvalue weighted by Crippen LogP contribution is -2.35. The van der Waals surface area contributed by atoms with Crippen molar-refractivity contribution in [3.05, 3.63) is 59.2 Å². The molecule has 5 nitrogen and oxygen atoms in total. The van der Waals surface area contributed by atoms with E-state index in [1.165, 1.54) is 0 Å². The van der Waals surface area contributed by atoms with Crippen LogP contribution in [0.2, 0.25) is 0 Å². The van der Waals surface area contributed by atoms with E-state index in [0.29, 0.717) is 5.56 Å². The Kier molecular flexibility index (Phi) is 5.68. The number of aromatic hydroxyl groups is 1. The summed E-state index contributed by atoms with van der Waals surface area (Å²) in [5.74, 6) is -0.296. The molecule has 0 aromatic heterocycles. The summed E-state index contributed by atoms with van der Waals surface area (Å²) in [5, 5.41) is 12.9. The van der Waals surface area contributed by atoms with Gasteiger partial charge in [0.25, 0.3) is 5.91 Å². The predicted molar refractivity (Wildman–Crippen MR) is 98.0 cm³/mol. The first-order valence-electron chi connectivity index (χ1n) is 8.68. The minimum absolute atomic E-state index is 0.000767. The molecule has 0 spiro atoms. The molecule has 0 saturated carbocycles. The van der Waals surface area contributed by atoms with Crippen LogP contribution in [0.3, 0.4) is 0 Å². The molecule has 1 aliphatic rings. The van der Waals surface area contributed by atoms with Gasteiger partial charge in [0.2, 0.25) is 0 Å². The molecule has 25 heavy (non-hydrogen) atoms. The van der Waals surface area contributed by atoms with Gasteiger partial charge in [0.1, 0.15) is 5.75 Å². The number of morpholine rings is 1. The average molecular weight is 340 g/mol. The number of benzene rings is 2. The Morgan fingerprint density at radius 2 is 1.96 bits per heavy atom. The van der Waals surface area contributed by atoms with Crippen LogP contribution < -0.4 is 5.32 Å². The van der Waals surface area contributed by atoms with Crippen LogP contribution in [-0.4, -0.2) is 42.2 Å². The number of anilines is 1. The smallest absolute Gasteiger partial charge is 0.259 e. The van der Waals surface area contributed by atoms with Crippen LogP contribution in [0.1, 0.15) is 28.4 Å². The second-order valence-electron chi connectivity index (χ2n) is 6.25. The van der Waals surface area contributed by atoms with Crippen molar-refractivity contribution in [3.63, 3.8) is 0 Å². The maximum absolute atomic E-state index is 12.5. The second kappa shape index (κ2) is 8.14. The summed E-state index contributed by atoms with van der Waals surface area (Å²) in [6.45, 7) is 6.24. The highest BCUT2D eigenvalue weighted by molar-refractivity contribution is 6.06. The summed E-state index contributed by atoms with van der Waals surface area (Å²) in [4.78, 5) is 14.8. The minimum atomic E-state index is -0.295. The average Bonchev–Trinajstić information content (AvgIpc) is 2.63. The molecular formula is C20H24N2O3. The third kappa shape index (κ3) is 4.59. The van der Waals surface area contributed by atoms with Crippen LogP contribution in [0.15, 0.2) is 42.5 Å². The van der Waals surface area contributed by atoms with Gasteiger partial charge in [-0.1, -0.05) is 25.1 Å². The van der Waals surface area contributed by atoms with E-state index in [1.54, 1.807) is 12.1 Å². The van der Waals surface area contributed by atoms with Crippen LogP contribution in [0, 0.1) is 0 Å². The molecule has 1 fully saturated rings. The molecule has 2 N–H and O–H groups in total. The lowest BCUT2D eigenvalue weighted by molar-refractivity contribution is 0.0342. The van der Waals surface area contributed by atoms with Crippen molar-refractivity contribution < 1.29 is 14.6 Å². The number of ether oxygens (including phenoxy) is 1. The van der Waals surface area contributed by atoms with E-state index >= 15 is 0 Å². The zero-order valence-corrected chi connectivity index (χ0v) is 14.5. The van der Waals surface area contributed by atoms with Crippen molar-refractivity contribution in [2.45, 2.75) is 19.9 Å². The Morgan fingerprint density at radius 3 is 2.72 bits per heavy atom. The van der Waals surface area contributed by atoms with E-state index in [2.05, 4.69) is 16.3 Å². The lowest BCUT2D eigenvalue weighted by atomic mass is 10.1. The van der Waals surface area contributed by atoms with E-state index in [4.69, 9.17) is 4.74 Å². The van der Waals surface area contributed by atoms with Gasteiger partial charge in [0, 0.05) is 25.3 Å². The number of carbonyl (C=O) groups excluding carboxylic acids is 1. The maximum Gasteiger partial charge on any atom is 0.259 e. The third-order valence-corrected chi connectivity index (χ3v) is 4.41. The van der Waals surface area contributed by atoms with Gasteiger partial charge < -0.3 is 15.2 Å². The Labute approximate surface area is 148 Å². The van der Waals surface area contributed by atoms with Crippen LogP contribution in [0.4, 0.5) is 5.69 Å². The van der Waals surface area contributed by atoms with Crippen molar-refractivity contribution in [2.75, 3.05) is 31.6 Å². The van der Waals surface area contributed by atoms with Crippen LogP contribution in [0.25, 0.3) is 0 Å². The highest BCUT2D eigenvalue weighted by Crippen LogP contribution is 2.21.